The third-order valence-electron chi connectivity index (χ3n) is 7.27. The number of para-hydroxylation sites is 1. The maximum atomic E-state index is 6.04. The molecule has 0 spiro atoms. The number of benzene rings is 3. The lowest BCUT2D eigenvalue weighted by Gasteiger charge is -2.28. The fourth-order valence-corrected chi connectivity index (χ4v) is 5.77. The van der Waals surface area contributed by atoms with Crippen molar-refractivity contribution >= 4 is 23.0 Å². The number of nitrogens with zero attached hydrogens (tertiary/aromatic N) is 3. The van der Waals surface area contributed by atoms with E-state index in [4.69, 9.17) is 21.9 Å². The molecule has 2 aromatic heterocycles. The number of pyridine rings is 1. The SMILES string of the molecule is Cc1ccc(-n2c(C)cc([C@@H]3[C@@H](c4ccccn4)NC(=S)N3c3ccc(Oc4ccccc4)cc3)c2C)cc1. The van der Waals surface area contributed by atoms with E-state index in [9.17, 15) is 0 Å². The number of ether oxygens (including phenoxy) is 1. The molecular weight excluding hydrogens is 500 g/mol. The molecule has 0 saturated carbocycles. The molecule has 0 bridgehead atoms. The monoisotopic (exact) mass is 530 g/mol. The zero-order valence-electron chi connectivity index (χ0n) is 22.2. The predicted molar refractivity (Wildman–Crippen MR) is 161 cm³/mol. The number of thiocarbonyl (C=S) groups is 1. The first-order chi connectivity index (χ1) is 19.0. The van der Waals surface area contributed by atoms with E-state index in [1.807, 2.05) is 60.8 Å². The van der Waals surface area contributed by atoms with Crippen molar-refractivity contribution in [3.63, 3.8) is 0 Å². The van der Waals surface area contributed by atoms with Crippen molar-refractivity contribution < 1.29 is 4.74 Å². The molecule has 1 saturated heterocycles. The van der Waals surface area contributed by atoms with Crippen molar-refractivity contribution in [3.8, 4) is 17.2 Å². The molecule has 1 aliphatic rings. The van der Waals surface area contributed by atoms with Crippen LogP contribution in [0.2, 0.25) is 0 Å². The Bertz CT molecular complexity index is 1600. The number of nitrogens with one attached hydrogen (secondary N) is 1. The Hall–Kier alpha value is -4.42. The van der Waals surface area contributed by atoms with Crippen LogP contribution in [0.1, 0.15) is 40.3 Å². The van der Waals surface area contributed by atoms with E-state index in [0.717, 1.165) is 28.6 Å². The molecule has 39 heavy (non-hydrogen) atoms. The van der Waals surface area contributed by atoms with Gasteiger partial charge in [0.25, 0.3) is 0 Å². The zero-order chi connectivity index (χ0) is 26.9. The average Bonchev–Trinajstić information content (AvgIpc) is 3.45. The molecule has 0 aliphatic carbocycles. The second kappa shape index (κ2) is 10.4. The Morgan fingerprint density at radius 3 is 2.13 bits per heavy atom. The topological polar surface area (TPSA) is 42.3 Å². The lowest BCUT2D eigenvalue weighted by molar-refractivity contribution is 0.482. The van der Waals surface area contributed by atoms with Gasteiger partial charge in [0.2, 0.25) is 0 Å². The molecule has 5 nitrogen and oxygen atoms in total. The number of hydrogen-bond donors (Lipinski definition) is 1. The molecule has 3 aromatic carbocycles. The van der Waals surface area contributed by atoms with Gasteiger partial charge in [0.05, 0.1) is 17.8 Å². The summed E-state index contributed by atoms with van der Waals surface area (Å²) in [6.07, 6.45) is 1.84. The molecule has 1 N–H and O–H groups in total. The van der Waals surface area contributed by atoms with Crippen LogP contribution >= 0.6 is 12.2 Å². The molecular formula is C33H30N4OS. The summed E-state index contributed by atoms with van der Waals surface area (Å²) in [4.78, 5) is 6.92. The van der Waals surface area contributed by atoms with E-state index in [0.29, 0.717) is 5.11 Å². The summed E-state index contributed by atoms with van der Waals surface area (Å²) >= 11 is 5.95. The second-order valence-electron chi connectivity index (χ2n) is 9.90. The van der Waals surface area contributed by atoms with Gasteiger partial charge >= 0.3 is 0 Å². The standard InChI is InChI=1S/C33H30N4OS/c1-22-12-14-25(15-13-22)36-23(2)21-29(24(36)3)32-31(30-11-7-8-20-34-30)35-33(39)37(32)26-16-18-28(19-17-26)38-27-9-5-4-6-10-27/h4-21,31-32H,1-3H3,(H,35,39)/t31-,32-/m1/s1. The zero-order valence-corrected chi connectivity index (χ0v) is 23.0. The van der Waals surface area contributed by atoms with E-state index >= 15 is 0 Å². The number of anilines is 1. The van der Waals surface area contributed by atoms with Crippen LogP contribution in [0.25, 0.3) is 5.69 Å². The van der Waals surface area contributed by atoms with Crippen LogP contribution in [-0.4, -0.2) is 14.7 Å². The highest BCUT2D eigenvalue weighted by Crippen LogP contribution is 2.44. The fourth-order valence-electron chi connectivity index (χ4n) is 5.43. The lowest BCUT2D eigenvalue weighted by atomic mass is 9.96. The second-order valence-corrected chi connectivity index (χ2v) is 10.3. The lowest BCUT2D eigenvalue weighted by Crippen LogP contribution is -2.29. The Morgan fingerprint density at radius 1 is 0.769 bits per heavy atom. The van der Waals surface area contributed by atoms with Crippen LogP contribution in [0.15, 0.2) is 109 Å². The molecule has 0 amide bonds. The Kier molecular flexibility index (Phi) is 6.63. The van der Waals surface area contributed by atoms with Gasteiger partial charge in [0.1, 0.15) is 11.5 Å². The van der Waals surface area contributed by atoms with E-state index in [1.54, 1.807) is 0 Å². The van der Waals surface area contributed by atoms with Gasteiger partial charge in [-0.25, -0.2) is 0 Å². The molecule has 6 rings (SSSR count). The fraction of sp³-hybridized carbons (Fsp3) is 0.152. The van der Waals surface area contributed by atoms with Gasteiger partial charge in [-0.2, -0.15) is 0 Å². The van der Waals surface area contributed by atoms with Crippen molar-refractivity contribution in [2.45, 2.75) is 32.9 Å². The maximum absolute atomic E-state index is 6.04. The first-order valence-electron chi connectivity index (χ1n) is 13.1. The smallest absolute Gasteiger partial charge is 0.174 e. The van der Waals surface area contributed by atoms with Crippen LogP contribution in [0.4, 0.5) is 5.69 Å². The summed E-state index contributed by atoms with van der Waals surface area (Å²) in [5, 5.41) is 4.25. The summed E-state index contributed by atoms with van der Waals surface area (Å²) in [5.74, 6) is 1.58. The third kappa shape index (κ3) is 4.79. The molecule has 1 fully saturated rings. The Balaban J connectivity index is 1.41. The summed E-state index contributed by atoms with van der Waals surface area (Å²) in [5.41, 5.74) is 7.92. The third-order valence-corrected chi connectivity index (χ3v) is 7.59. The average molecular weight is 531 g/mol. The van der Waals surface area contributed by atoms with E-state index < -0.39 is 0 Å². The van der Waals surface area contributed by atoms with Crippen LogP contribution in [-0.2, 0) is 0 Å². The van der Waals surface area contributed by atoms with Crippen LogP contribution in [0.3, 0.4) is 0 Å². The van der Waals surface area contributed by atoms with E-state index in [2.05, 4.69) is 84.1 Å². The highest BCUT2D eigenvalue weighted by Gasteiger charge is 2.42. The molecule has 5 aromatic rings. The maximum Gasteiger partial charge on any atom is 0.174 e. The minimum atomic E-state index is -0.106. The highest BCUT2D eigenvalue weighted by molar-refractivity contribution is 7.80. The summed E-state index contributed by atoms with van der Waals surface area (Å²) < 4.78 is 8.36. The van der Waals surface area contributed by atoms with Gasteiger partial charge < -0.3 is 19.5 Å². The first-order valence-corrected chi connectivity index (χ1v) is 13.5. The quantitative estimate of drug-likeness (QED) is 0.227. The van der Waals surface area contributed by atoms with E-state index in [1.165, 1.54) is 22.5 Å². The number of hydrogen-bond acceptors (Lipinski definition) is 3. The van der Waals surface area contributed by atoms with Crippen LogP contribution in [0.5, 0.6) is 11.5 Å². The van der Waals surface area contributed by atoms with Gasteiger partial charge in [0.15, 0.2) is 5.11 Å². The largest absolute Gasteiger partial charge is 0.457 e. The Morgan fingerprint density at radius 2 is 1.44 bits per heavy atom. The van der Waals surface area contributed by atoms with Gasteiger partial charge in [-0.15, -0.1) is 0 Å². The molecule has 1 aliphatic heterocycles. The Labute approximate surface area is 234 Å². The summed E-state index contributed by atoms with van der Waals surface area (Å²) in [6.45, 7) is 6.46. The normalized spacial score (nSPS) is 16.8. The predicted octanol–water partition coefficient (Wildman–Crippen LogP) is 7.77. The molecule has 194 valence electrons. The summed E-state index contributed by atoms with van der Waals surface area (Å²) in [7, 11) is 0. The van der Waals surface area contributed by atoms with Gasteiger partial charge in [-0.1, -0.05) is 42.0 Å². The number of rotatable bonds is 6. The van der Waals surface area contributed by atoms with Crippen molar-refractivity contribution in [2.75, 3.05) is 4.90 Å². The minimum absolute atomic E-state index is 0.0845. The highest BCUT2D eigenvalue weighted by atomic mass is 32.1. The van der Waals surface area contributed by atoms with Crippen LogP contribution in [0, 0.1) is 20.8 Å². The molecule has 6 heteroatoms. The minimum Gasteiger partial charge on any atom is -0.457 e. The molecule has 0 unspecified atom stereocenters. The van der Waals surface area contributed by atoms with Crippen LogP contribution < -0.4 is 15.0 Å². The van der Waals surface area contributed by atoms with Gasteiger partial charge in [-0.05, 0) is 105 Å². The van der Waals surface area contributed by atoms with Crippen molar-refractivity contribution in [3.05, 3.63) is 138 Å². The van der Waals surface area contributed by atoms with E-state index in [-0.39, 0.29) is 12.1 Å². The first kappa shape index (κ1) is 24.9. The molecule has 2 atom stereocenters. The van der Waals surface area contributed by atoms with Crippen molar-refractivity contribution in [1.82, 2.24) is 14.9 Å². The van der Waals surface area contributed by atoms with Crippen molar-refractivity contribution in [1.29, 1.82) is 0 Å². The van der Waals surface area contributed by atoms with Gasteiger partial charge in [0, 0.05) is 29.0 Å². The van der Waals surface area contributed by atoms with Gasteiger partial charge in [-0.3, -0.25) is 4.98 Å². The number of aromatic nitrogens is 2. The molecule has 0 radical (unpaired) electrons. The summed E-state index contributed by atoms with van der Waals surface area (Å²) in [6, 6.07) is 34.7. The van der Waals surface area contributed by atoms with Crippen molar-refractivity contribution in [2.24, 2.45) is 0 Å². The number of aryl methyl sites for hydroxylation is 2. The molecule has 3 heterocycles.